The van der Waals surface area contributed by atoms with E-state index in [9.17, 15) is 22.0 Å². The zero-order valence-electron chi connectivity index (χ0n) is 24.4. The van der Waals surface area contributed by atoms with Gasteiger partial charge in [-0.15, -0.1) is 15.3 Å². The first-order valence-corrected chi connectivity index (χ1v) is 12.9. The Morgan fingerprint density at radius 2 is 1.60 bits per heavy atom. The molecule has 0 amide bonds. The third kappa shape index (κ3) is 8.35. The van der Waals surface area contributed by atoms with Gasteiger partial charge in [0.25, 0.3) is 6.43 Å². The summed E-state index contributed by atoms with van der Waals surface area (Å²) in [6.45, 7) is 9.40. The molecule has 0 N–H and O–H groups in total. The first-order valence-electron chi connectivity index (χ1n) is 12.9. The van der Waals surface area contributed by atoms with Crippen LogP contribution in [0, 0.1) is 0 Å². The van der Waals surface area contributed by atoms with Crippen LogP contribution in [-0.2, 0) is 7.05 Å². The van der Waals surface area contributed by atoms with E-state index in [0.717, 1.165) is 18.3 Å². The monoisotopic (exact) mass is 611 g/mol. The maximum Gasteiger partial charge on any atom is 0.422 e. The zero-order chi connectivity index (χ0) is 31.7. The topological polar surface area (TPSA) is 119 Å². The molecule has 232 valence electrons. The summed E-state index contributed by atoms with van der Waals surface area (Å²) in [5.74, 6) is -0.401. The van der Waals surface area contributed by atoms with Crippen molar-refractivity contribution in [2.75, 3.05) is 6.61 Å². The second-order valence-corrected chi connectivity index (χ2v) is 11.4. The molecule has 4 rings (SSSR count). The Morgan fingerprint density at radius 1 is 0.907 bits per heavy atom. The summed E-state index contributed by atoms with van der Waals surface area (Å²) in [6.07, 6.45) is -7.26. The quantitative estimate of drug-likeness (QED) is 0.212. The number of ether oxygens (including phenoxy) is 4. The highest BCUT2D eigenvalue weighted by atomic mass is 19.4. The van der Waals surface area contributed by atoms with Gasteiger partial charge in [-0.05, 0) is 53.7 Å². The molecule has 0 aromatic carbocycles. The maximum atomic E-state index is 14.2. The number of hydrogen-bond donors (Lipinski definition) is 0. The predicted octanol–water partition coefficient (Wildman–Crippen LogP) is 5.90. The van der Waals surface area contributed by atoms with E-state index in [1.165, 1.54) is 24.0 Å². The average molecular weight is 612 g/mol. The molecule has 0 spiro atoms. The Balaban J connectivity index is 1.73. The molecule has 1 atom stereocenters. The van der Waals surface area contributed by atoms with Crippen molar-refractivity contribution in [2.24, 2.45) is 7.05 Å². The highest BCUT2D eigenvalue weighted by Gasteiger charge is 2.31. The average Bonchev–Trinajstić information content (AvgIpc) is 3.18. The second kappa shape index (κ2) is 11.7. The molecule has 16 heteroatoms. The lowest BCUT2D eigenvalue weighted by Gasteiger charge is -2.24. The molecule has 4 aromatic rings. The fraction of sp³-hybridized carbons (Fsp3) is 0.481. The van der Waals surface area contributed by atoms with Gasteiger partial charge in [0.1, 0.15) is 22.6 Å². The van der Waals surface area contributed by atoms with E-state index in [1.807, 2.05) is 41.5 Å². The molecule has 0 saturated carbocycles. The van der Waals surface area contributed by atoms with E-state index in [4.69, 9.17) is 14.2 Å². The van der Waals surface area contributed by atoms with Crippen LogP contribution in [0.3, 0.4) is 0 Å². The summed E-state index contributed by atoms with van der Waals surface area (Å²) in [7, 11) is 1.51. The molecule has 0 aliphatic heterocycles. The highest BCUT2D eigenvalue weighted by Crippen LogP contribution is 2.36. The number of hydrogen-bond acceptors (Lipinski definition) is 10. The Labute approximate surface area is 243 Å². The van der Waals surface area contributed by atoms with Crippen LogP contribution in [0.15, 0.2) is 30.6 Å². The SMILES string of the molecule is Cn1nc(O[C@H](c2cc(OCC(F)(F)F)ccn2)C(F)F)c2cc(-c3cnc(OC(C)(C)C)nc3OC(C)(C)C)nnc21. The summed E-state index contributed by atoms with van der Waals surface area (Å²) in [4.78, 5) is 12.5. The van der Waals surface area contributed by atoms with E-state index in [-0.39, 0.29) is 45.9 Å². The van der Waals surface area contributed by atoms with Crippen LogP contribution in [0.25, 0.3) is 22.3 Å². The lowest BCUT2D eigenvalue weighted by atomic mass is 10.1. The van der Waals surface area contributed by atoms with Crippen molar-refractivity contribution >= 4 is 11.0 Å². The van der Waals surface area contributed by atoms with Crippen molar-refractivity contribution in [3.05, 3.63) is 36.3 Å². The van der Waals surface area contributed by atoms with Gasteiger partial charge >= 0.3 is 12.2 Å². The van der Waals surface area contributed by atoms with Crippen LogP contribution in [0.5, 0.6) is 23.5 Å². The van der Waals surface area contributed by atoms with Crippen molar-refractivity contribution in [1.29, 1.82) is 0 Å². The van der Waals surface area contributed by atoms with E-state index in [0.29, 0.717) is 5.56 Å². The van der Waals surface area contributed by atoms with Crippen LogP contribution < -0.4 is 18.9 Å². The van der Waals surface area contributed by atoms with Gasteiger partial charge in [-0.3, -0.25) is 4.98 Å². The Morgan fingerprint density at radius 3 is 2.23 bits per heavy atom. The van der Waals surface area contributed by atoms with Crippen LogP contribution in [0.2, 0.25) is 0 Å². The summed E-state index contributed by atoms with van der Waals surface area (Å²) >= 11 is 0. The molecule has 0 aliphatic rings. The molecule has 4 aromatic heterocycles. The Kier molecular flexibility index (Phi) is 8.60. The number of aromatic nitrogens is 7. The van der Waals surface area contributed by atoms with E-state index in [1.54, 1.807) is 0 Å². The first kappa shape index (κ1) is 31.6. The number of alkyl halides is 5. The zero-order valence-corrected chi connectivity index (χ0v) is 24.4. The van der Waals surface area contributed by atoms with Crippen LogP contribution in [0.1, 0.15) is 53.3 Å². The van der Waals surface area contributed by atoms with Crippen LogP contribution in [0.4, 0.5) is 22.0 Å². The van der Waals surface area contributed by atoms with E-state index < -0.39 is 36.5 Å². The van der Waals surface area contributed by atoms with Gasteiger partial charge in [0.2, 0.25) is 17.9 Å². The maximum absolute atomic E-state index is 14.2. The molecule has 0 unspecified atom stereocenters. The number of pyridine rings is 1. The molecule has 0 saturated heterocycles. The van der Waals surface area contributed by atoms with Crippen molar-refractivity contribution < 1.29 is 40.9 Å². The summed E-state index contributed by atoms with van der Waals surface area (Å²) in [6, 6.07) is 3.64. The Hall–Kier alpha value is -4.37. The van der Waals surface area contributed by atoms with Crippen LogP contribution >= 0.6 is 0 Å². The van der Waals surface area contributed by atoms with Gasteiger partial charge in [-0.1, -0.05) is 0 Å². The summed E-state index contributed by atoms with van der Waals surface area (Å²) < 4.78 is 89.5. The second-order valence-electron chi connectivity index (χ2n) is 11.4. The number of aryl methyl sites for hydroxylation is 1. The molecule has 0 radical (unpaired) electrons. The minimum absolute atomic E-state index is 0.0728. The third-order valence-electron chi connectivity index (χ3n) is 5.27. The van der Waals surface area contributed by atoms with Gasteiger partial charge in [-0.25, -0.2) is 18.4 Å². The number of fused-ring (bicyclic) bond motifs is 1. The number of rotatable bonds is 9. The van der Waals surface area contributed by atoms with Gasteiger partial charge in [0.05, 0.1) is 16.6 Å². The third-order valence-corrected chi connectivity index (χ3v) is 5.27. The van der Waals surface area contributed by atoms with Gasteiger partial charge in [0, 0.05) is 25.5 Å². The van der Waals surface area contributed by atoms with Crippen molar-refractivity contribution in [3.8, 4) is 34.8 Å². The summed E-state index contributed by atoms with van der Waals surface area (Å²) in [5, 5.41) is 12.8. The molecular formula is C27H30F5N7O4. The largest absolute Gasteiger partial charge is 0.484 e. The molecule has 4 heterocycles. The fourth-order valence-corrected chi connectivity index (χ4v) is 3.65. The van der Waals surface area contributed by atoms with Crippen molar-refractivity contribution in [3.63, 3.8) is 0 Å². The highest BCUT2D eigenvalue weighted by molar-refractivity contribution is 5.85. The number of nitrogens with zero attached hydrogens (tertiary/aromatic N) is 7. The minimum atomic E-state index is -4.61. The molecular weight excluding hydrogens is 581 g/mol. The lowest BCUT2D eigenvalue weighted by Crippen LogP contribution is -2.26. The molecule has 43 heavy (non-hydrogen) atoms. The smallest absolute Gasteiger partial charge is 0.422 e. The van der Waals surface area contributed by atoms with Gasteiger partial charge < -0.3 is 18.9 Å². The molecule has 0 bridgehead atoms. The molecule has 11 nitrogen and oxygen atoms in total. The molecule has 0 aliphatic carbocycles. The lowest BCUT2D eigenvalue weighted by molar-refractivity contribution is -0.153. The number of halogens is 5. The predicted molar refractivity (Wildman–Crippen MR) is 143 cm³/mol. The first-order chi connectivity index (χ1) is 19.9. The van der Waals surface area contributed by atoms with E-state index >= 15 is 0 Å². The van der Waals surface area contributed by atoms with Gasteiger partial charge in [-0.2, -0.15) is 18.2 Å². The normalized spacial score (nSPS) is 13.3. The van der Waals surface area contributed by atoms with Crippen molar-refractivity contribution in [1.82, 2.24) is 34.9 Å². The summed E-state index contributed by atoms with van der Waals surface area (Å²) in [5.41, 5.74) is -0.851. The van der Waals surface area contributed by atoms with Gasteiger partial charge in [0.15, 0.2) is 12.3 Å². The minimum Gasteiger partial charge on any atom is -0.484 e. The molecule has 0 fully saturated rings. The van der Waals surface area contributed by atoms with E-state index in [2.05, 4.69) is 35.0 Å². The van der Waals surface area contributed by atoms with Crippen LogP contribution in [-0.4, -0.2) is 65.3 Å². The fourth-order valence-electron chi connectivity index (χ4n) is 3.65. The Bertz CT molecular complexity index is 1580. The standard InChI is InChI=1S/C27H30F5N7O4/c1-25(2,3)42-22-16(12-34-24(35-22)43-26(4,5)6)17-11-15-21(37-36-17)39(7)38-23(15)41-19(20(28)29)18-10-14(8-9-33-18)40-13-27(30,31)32/h8-12,19-20H,13H2,1-7H3/t19-/m1/s1. The van der Waals surface area contributed by atoms with Crippen molar-refractivity contribution in [2.45, 2.75) is 71.5 Å².